The smallest absolute Gasteiger partial charge is 0.213 e. The van der Waals surface area contributed by atoms with Crippen molar-refractivity contribution in [3.05, 3.63) is 0 Å². The molecule has 1 heterocycles. The lowest BCUT2D eigenvalue weighted by atomic mass is 9.86. The van der Waals surface area contributed by atoms with E-state index in [4.69, 9.17) is 0 Å². The van der Waals surface area contributed by atoms with Gasteiger partial charge < -0.3 is 15.5 Å². The molecule has 0 aromatic heterocycles. The second-order valence-electron chi connectivity index (χ2n) is 7.51. The third-order valence-electron chi connectivity index (χ3n) is 5.30. The van der Waals surface area contributed by atoms with Gasteiger partial charge in [-0.2, -0.15) is 0 Å². The van der Waals surface area contributed by atoms with Gasteiger partial charge in [-0.3, -0.25) is 4.99 Å². The topological polar surface area (TPSA) is 85.8 Å². The predicted molar refractivity (Wildman–Crippen MR) is 119 cm³/mol. The van der Waals surface area contributed by atoms with E-state index in [1.54, 1.807) is 7.05 Å². The molecule has 2 fully saturated rings. The van der Waals surface area contributed by atoms with E-state index in [1.807, 2.05) is 0 Å². The van der Waals surface area contributed by atoms with E-state index in [2.05, 4.69) is 39.1 Å². The second kappa shape index (κ2) is 11.7. The molecule has 0 spiro atoms. The number of sulfonamides is 1. The third kappa shape index (κ3) is 8.26. The highest BCUT2D eigenvalue weighted by Crippen LogP contribution is 2.25. The average molecular weight is 501 g/mol. The Hall–Kier alpha value is -0.130. The molecule has 3 N–H and O–H groups in total. The predicted octanol–water partition coefficient (Wildman–Crippen LogP) is 1.36. The molecule has 9 heteroatoms. The number of guanidine groups is 1. The average Bonchev–Trinajstić information content (AvgIpc) is 2.52. The zero-order valence-electron chi connectivity index (χ0n) is 16.3. The zero-order valence-corrected chi connectivity index (χ0v) is 19.5. The van der Waals surface area contributed by atoms with Gasteiger partial charge in [-0.05, 0) is 45.4 Å². The summed E-state index contributed by atoms with van der Waals surface area (Å²) in [5.74, 6) is 1.30. The lowest BCUT2D eigenvalue weighted by Gasteiger charge is -2.35. The monoisotopic (exact) mass is 501 g/mol. The molecule has 0 amide bonds. The van der Waals surface area contributed by atoms with Crippen LogP contribution in [0.4, 0.5) is 0 Å². The van der Waals surface area contributed by atoms with Crippen molar-refractivity contribution in [2.24, 2.45) is 10.9 Å². The Kier molecular flexibility index (Phi) is 10.7. The number of nitrogens with zero attached hydrogens (tertiary/aromatic N) is 2. The molecule has 1 saturated heterocycles. The maximum absolute atomic E-state index is 12.0. The number of hydrogen-bond acceptors (Lipinski definition) is 4. The van der Waals surface area contributed by atoms with Crippen molar-refractivity contribution in [3.63, 3.8) is 0 Å². The Labute approximate surface area is 176 Å². The van der Waals surface area contributed by atoms with Crippen molar-refractivity contribution >= 4 is 40.0 Å². The molecular formula is C17H36IN5O2S. The maximum atomic E-state index is 12.0. The largest absolute Gasteiger partial charge is 0.355 e. The molecule has 2 aliphatic rings. The van der Waals surface area contributed by atoms with Crippen LogP contribution in [0, 0.1) is 5.92 Å². The van der Waals surface area contributed by atoms with Gasteiger partial charge in [-0.25, -0.2) is 13.1 Å². The number of nitrogens with one attached hydrogen (secondary N) is 3. The number of aliphatic imine (C=N–C) groups is 1. The van der Waals surface area contributed by atoms with E-state index in [9.17, 15) is 8.42 Å². The third-order valence-corrected chi connectivity index (χ3v) is 6.65. The standard InChI is InChI=1S/C17H35N5O2S.HI/c1-14(2)22-10-7-16(8-11-22)21-17(18-3)19-9-12-25(23,24)20-13-15-5-4-6-15;/h14-16,20H,4-13H2,1-3H3,(H2,18,19,21);1H. The molecular weight excluding hydrogens is 465 g/mol. The number of hydrogen-bond donors (Lipinski definition) is 3. The summed E-state index contributed by atoms with van der Waals surface area (Å²) in [7, 11) is -1.48. The number of likely N-dealkylation sites (tertiary alicyclic amines) is 1. The van der Waals surface area contributed by atoms with Gasteiger partial charge in [0.2, 0.25) is 10.0 Å². The molecule has 0 unspecified atom stereocenters. The highest BCUT2D eigenvalue weighted by Gasteiger charge is 2.22. The molecule has 7 nitrogen and oxygen atoms in total. The highest BCUT2D eigenvalue weighted by atomic mass is 127. The van der Waals surface area contributed by atoms with Crippen molar-refractivity contribution in [1.82, 2.24) is 20.3 Å². The van der Waals surface area contributed by atoms with Gasteiger partial charge in [0, 0.05) is 45.3 Å². The van der Waals surface area contributed by atoms with Crippen LogP contribution in [0.3, 0.4) is 0 Å². The Morgan fingerprint density at radius 2 is 1.85 bits per heavy atom. The minimum atomic E-state index is -3.21. The van der Waals surface area contributed by atoms with Crippen LogP contribution in [-0.2, 0) is 10.0 Å². The Morgan fingerprint density at radius 1 is 1.19 bits per heavy atom. The van der Waals surface area contributed by atoms with Crippen LogP contribution in [0.15, 0.2) is 4.99 Å². The van der Waals surface area contributed by atoms with Crippen molar-refractivity contribution in [2.75, 3.05) is 39.0 Å². The summed E-state index contributed by atoms with van der Waals surface area (Å²) >= 11 is 0. The maximum Gasteiger partial charge on any atom is 0.213 e. The minimum absolute atomic E-state index is 0. The van der Waals surface area contributed by atoms with Crippen LogP contribution in [-0.4, -0.2) is 70.3 Å². The molecule has 26 heavy (non-hydrogen) atoms. The molecule has 1 aliphatic carbocycles. The van der Waals surface area contributed by atoms with E-state index in [0.717, 1.165) is 38.8 Å². The fourth-order valence-electron chi connectivity index (χ4n) is 3.27. The summed E-state index contributed by atoms with van der Waals surface area (Å²) in [6.45, 7) is 7.59. The fourth-order valence-corrected chi connectivity index (χ4v) is 4.27. The molecule has 0 aromatic rings. The van der Waals surface area contributed by atoms with Crippen LogP contribution >= 0.6 is 24.0 Å². The highest BCUT2D eigenvalue weighted by molar-refractivity contribution is 14.0. The van der Waals surface area contributed by atoms with Gasteiger partial charge in [0.15, 0.2) is 5.96 Å². The Morgan fingerprint density at radius 3 is 2.35 bits per heavy atom. The fraction of sp³-hybridized carbons (Fsp3) is 0.941. The summed E-state index contributed by atoms with van der Waals surface area (Å²) in [6.07, 6.45) is 5.69. The lowest BCUT2D eigenvalue weighted by molar-refractivity contribution is 0.167. The van der Waals surface area contributed by atoms with Crippen molar-refractivity contribution in [1.29, 1.82) is 0 Å². The molecule has 0 bridgehead atoms. The SMILES string of the molecule is CN=C(NCCS(=O)(=O)NCC1CCC1)NC1CCN(C(C)C)CC1.I. The molecule has 0 radical (unpaired) electrons. The van der Waals surface area contributed by atoms with Gasteiger partial charge in [0.25, 0.3) is 0 Å². The Balaban J connectivity index is 0.00000338. The Bertz CT molecular complexity index is 529. The van der Waals surface area contributed by atoms with Crippen molar-refractivity contribution < 1.29 is 8.42 Å². The number of rotatable bonds is 8. The minimum Gasteiger partial charge on any atom is -0.355 e. The van der Waals surface area contributed by atoms with Crippen molar-refractivity contribution in [2.45, 2.75) is 58.0 Å². The van der Waals surface area contributed by atoms with Crippen LogP contribution in [0.1, 0.15) is 46.0 Å². The summed E-state index contributed by atoms with van der Waals surface area (Å²) in [4.78, 5) is 6.70. The summed E-state index contributed by atoms with van der Waals surface area (Å²) in [5.41, 5.74) is 0. The van der Waals surface area contributed by atoms with E-state index in [-0.39, 0.29) is 29.7 Å². The first kappa shape index (κ1) is 23.9. The van der Waals surface area contributed by atoms with E-state index in [0.29, 0.717) is 37.1 Å². The van der Waals surface area contributed by atoms with Gasteiger partial charge in [0.1, 0.15) is 0 Å². The van der Waals surface area contributed by atoms with Crippen LogP contribution in [0.5, 0.6) is 0 Å². The van der Waals surface area contributed by atoms with Gasteiger partial charge >= 0.3 is 0 Å². The van der Waals surface area contributed by atoms with E-state index < -0.39 is 10.0 Å². The normalized spacial score (nSPS) is 20.5. The zero-order chi connectivity index (χ0) is 18.3. The van der Waals surface area contributed by atoms with E-state index >= 15 is 0 Å². The second-order valence-corrected chi connectivity index (χ2v) is 9.44. The molecule has 154 valence electrons. The van der Waals surface area contributed by atoms with Gasteiger partial charge in [-0.1, -0.05) is 6.42 Å². The van der Waals surface area contributed by atoms with E-state index in [1.165, 1.54) is 6.42 Å². The molecule has 2 rings (SSSR count). The summed E-state index contributed by atoms with van der Waals surface area (Å²) < 4.78 is 26.8. The number of piperidine rings is 1. The molecule has 0 atom stereocenters. The summed E-state index contributed by atoms with van der Waals surface area (Å²) in [5, 5.41) is 6.55. The molecule has 1 saturated carbocycles. The van der Waals surface area contributed by atoms with Gasteiger partial charge in [-0.15, -0.1) is 24.0 Å². The first-order valence-corrected chi connectivity index (χ1v) is 11.2. The van der Waals surface area contributed by atoms with Crippen molar-refractivity contribution in [3.8, 4) is 0 Å². The quantitative estimate of drug-likeness (QED) is 0.266. The summed E-state index contributed by atoms with van der Waals surface area (Å²) in [6, 6.07) is 0.991. The lowest BCUT2D eigenvalue weighted by Crippen LogP contribution is -2.50. The molecule has 1 aliphatic heterocycles. The van der Waals surface area contributed by atoms with Crippen LogP contribution in [0.2, 0.25) is 0 Å². The van der Waals surface area contributed by atoms with Crippen LogP contribution in [0.25, 0.3) is 0 Å². The first-order chi connectivity index (χ1) is 11.9. The number of halogens is 1. The van der Waals surface area contributed by atoms with Gasteiger partial charge in [0.05, 0.1) is 5.75 Å². The first-order valence-electron chi connectivity index (χ1n) is 9.58. The molecule has 0 aromatic carbocycles. The van der Waals surface area contributed by atoms with Crippen LogP contribution < -0.4 is 15.4 Å².